The first kappa shape index (κ1) is 23.6. The third-order valence-corrected chi connectivity index (χ3v) is 5.91. The summed E-state index contributed by atoms with van der Waals surface area (Å²) in [5.41, 5.74) is 0.850. The molecule has 0 radical (unpaired) electrons. The molecule has 0 aliphatic rings. The highest BCUT2D eigenvalue weighted by atomic mass is 35.5. The Hall–Kier alpha value is -3.10. The van der Waals surface area contributed by atoms with E-state index in [4.69, 9.17) is 28.3 Å². The van der Waals surface area contributed by atoms with Crippen molar-refractivity contribution >= 4 is 51.9 Å². The van der Waals surface area contributed by atoms with Gasteiger partial charge in [0, 0.05) is 23.2 Å². The Morgan fingerprint density at radius 2 is 1.84 bits per heavy atom. The number of hydrogen-bond donors (Lipinski definition) is 3. The van der Waals surface area contributed by atoms with E-state index in [-0.39, 0.29) is 45.0 Å². The highest BCUT2D eigenvalue weighted by molar-refractivity contribution is 6.42. The van der Waals surface area contributed by atoms with Gasteiger partial charge in [0.2, 0.25) is 5.91 Å². The van der Waals surface area contributed by atoms with E-state index in [0.717, 1.165) is 6.07 Å². The van der Waals surface area contributed by atoms with Gasteiger partial charge in [0.25, 0.3) is 5.91 Å². The Bertz CT molecular complexity index is 1260. The summed E-state index contributed by atoms with van der Waals surface area (Å²) in [6, 6.07) is 6.83. The van der Waals surface area contributed by atoms with Gasteiger partial charge < -0.3 is 15.5 Å². The van der Waals surface area contributed by atoms with E-state index in [2.05, 4.69) is 5.32 Å². The summed E-state index contributed by atoms with van der Waals surface area (Å²) >= 11 is 12.0. The number of nitrogens with zero attached hydrogens (tertiary/aromatic N) is 1. The molecule has 1 aromatic heterocycles. The topological polar surface area (TPSA) is 109 Å². The van der Waals surface area contributed by atoms with Crippen LogP contribution in [0.25, 0.3) is 10.9 Å². The Balaban J connectivity index is 2.15. The van der Waals surface area contributed by atoms with Crippen LogP contribution in [-0.4, -0.2) is 39.1 Å². The van der Waals surface area contributed by atoms with E-state index in [0.29, 0.717) is 5.69 Å². The maximum Gasteiger partial charge on any atom is 0.305 e. The maximum absolute atomic E-state index is 15.0. The number of hydrogen-bond acceptors (Lipinski definition) is 4. The average molecular weight is 481 g/mol. The fraction of sp³-hybridized carbons (Fsp3) is 0.227. The van der Waals surface area contributed by atoms with Crippen LogP contribution in [0.15, 0.2) is 30.3 Å². The number of fused-ring (bicyclic) bond motifs is 1. The second kappa shape index (κ2) is 9.18. The Labute approximate surface area is 192 Å². The van der Waals surface area contributed by atoms with E-state index in [9.17, 15) is 23.9 Å². The molecule has 1 amide bonds. The first-order valence-corrected chi connectivity index (χ1v) is 10.3. The summed E-state index contributed by atoms with van der Waals surface area (Å²) in [7, 11) is 0. The number of benzene rings is 2. The maximum atomic E-state index is 15.0. The van der Waals surface area contributed by atoms with Gasteiger partial charge in [-0.05, 0) is 49.7 Å². The van der Waals surface area contributed by atoms with Crippen molar-refractivity contribution in [3.05, 3.63) is 63.0 Å². The van der Waals surface area contributed by atoms with E-state index >= 15 is 0 Å². The lowest BCUT2D eigenvalue weighted by Gasteiger charge is -2.14. The molecule has 0 aliphatic heterocycles. The molecule has 1 heterocycles. The molecule has 2 aromatic carbocycles. The summed E-state index contributed by atoms with van der Waals surface area (Å²) in [6.07, 6.45) is -0.274. The minimum Gasteiger partial charge on any atom is -0.505 e. The number of amides is 1. The zero-order chi connectivity index (χ0) is 23.7. The van der Waals surface area contributed by atoms with Gasteiger partial charge in [-0.25, -0.2) is 4.39 Å². The van der Waals surface area contributed by atoms with E-state index in [1.165, 1.54) is 35.8 Å². The van der Waals surface area contributed by atoms with Gasteiger partial charge in [-0.15, -0.1) is 0 Å². The van der Waals surface area contributed by atoms with Crippen molar-refractivity contribution in [1.29, 1.82) is 0 Å². The fourth-order valence-electron chi connectivity index (χ4n) is 3.61. The molecule has 0 spiro atoms. The van der Waals surface area contributed by atoms with Gasteiger partial charge >= 0.3 is 5.97 Å². The standard InChI is InChI=1S/C22H19Cl2FN2O5/c1-10(21(31)26-8-7-17(29)30)18-11(2)27(15-5-6-16(28)20(25)19(15)18)22(32)12-3-4-13(23)14(24)9-12/h3-6,9-10,28H,7-8H2,1-2H3,(H,26,31)(H,29,30). The van der Waals surface area contributed by atoms with Crippen molar-refractivity contribution in [3.8, 4) is 5.75 Å². The summed E-state index contributed by atoms with van der Waals surface area (Å²) in [6.45, 7) is 2.96. The predicted octanol–water partition coefficient (Wildman–Crippen LogP) is 4.48. The van der Waals surface area contributed by atoms with Crippen LogP contribution in [0.4, 0.5) is 4.39 Å². The lowest BCUT2D eigenvalue weighted by atomic mass is 9.96. The molecule has 3 rings (SSSR count). The monoisotopic (exact) mass is 480 g/mol. The fourth-order valence-corrected chi connectivity index (χ4v) is 3.90. The highest BCUT2D eigenvalue weighted by Crippen LogP contribution is 2.37. The normalized spacial score (nSPS) is 12.0. The molecule has 7 nitrogen and oxygen atoms in total. The average Bonchev–Trinajstić information content (AvgIpc) is 3.03. The molecule has 32 heavy (non-hydrogen) atoms. The van der Waals surface area contributed by atoms with Crippen LogP contribution >= 0.6 is 23.2 Å². The van der Waals surface area contributed by atoms with Crippen LogP contribution in [0.3, 0.4) is 0 Å². The number of nitrogens with one attached hydrogen (secondary N) is 1. The molecular formula is C22H19Cl2FN2O5. The van der Waals surface area contributed by atoms with Crippen molar-refractivity contribution in [2.24, 2.45) is 0 Å². The smallest absolute Gasteiger partial charge is 0.305 e. The summed E-state index contributed by atoms with van der Waals surface area (Å²) in [4.78, 5) is 36.6. The van der Waals surface area contributed by atoms with Gasteiger partial charge in [0.15, 0.2) is 11.6 Å². The lowest BCUT2D eigenvalue weighted by Crippen LogP contribution is -2.30. The van der Waals surface area contributed by atoms with E-state index in [1.807, 2.05) is 0 Å². The van der Waals surface area contributed by atoms with E-state index < -0.39 is 35.3 Å². The number of phenols is 1. The summed E-state index contributed by atoms with van der Waals surface area (Å²) < 4.78 is 16.2. The summed E-state index contributed by atoms with van der Waals surface area (Å²) in [5, 5.41) is 21.5. The minimum absolute atomic E-state index is 0.0724. The highest BCUT2D eigenvalue weighted by Gasteiger charge is 2.29. The van der Waals surface area contributed by atoms with Crippen LogP contribution in [0.1, 0.15) is 40.9 Å². The van der Waals surface area contributed by atoms with Gasteiger partial charge in [0.05, 0.1) is 27.9 Å². The minimum atomic E-state index is -1.08. The number of aromatic hydroxyl groups is 1. The van der Waals surface area contributed by atoms with Crippen molar-refractivity contribution in [1.82, 2.24) is 9.88 Å². The van der Waals surface area contributed by atoms with Gasteiger partial charge in [-0.1, -0.05) is 23.2 Å². The van der Waals surface area contributed by atoms with E-state index in [1.54, 1.807) is 6.92 Å². The third-order valence-electron chi connectivity index (χ3n) is 5.17. The second-order valence-electron chi connectivity index (χ2n) is 7.22. The SMILES string of the molecule is Cc1c(C(C)C(=O)NCCC(=O)O)c2c(F)c(O)ccc2n1C(=O)c1ccc(Cl)c(Cl)c1. The number of rotatable bonds is 6. The van der Waals surface area contributed by atoms with Crippen LogP contribution < -0.4 is 5.32 Å². The Morgan fingerprint density at radius 3 is 2.47 bits per heavy atom. The quantitative estimate of drug-likeness (QED) is 0.481. The van der Waals surface area contributed by atoms with Crippen molar-refractivity contribution in [3.63, 3.8) is 0 Å². The number of carbonyl (C=O) groups excluding carboxylic acids is 2. The molecule has 168 valence electrons. The van der Waals surface area contributed by atoms with Gasteiger partial charge in [-0.2, -0.15) is 0 Å². The molecule has 0 fully saturated rings. The van der Waals surface area contributed by atoms with Crippen LogP contribution in [0.2, 0.25) is 10.0 Å². The van der Waals surface area contributed by atoms with Crippen molar-refractivity contribution in [2.75, 3.05) is 6.54 Å². The molecule has 3 aromatic rings. The first-order valence-electron chi connectivity index (χ1n) is 9.56. The number of aromatic nitrogens is 1. The zero-order valence-corrected chi connectivity index (χ0v) is 18.6. The molecule has 3 N–H and O–H groups in total. The van der Waals surface area contributed by atoms with Gasteiger partial charge in [0.1, 0.15) is 0 Å². The zero-order valence-electron chi connectivity index (χ0n) is 17.1. The molecule has 1 atom stereocenters. The van der Waals surface area contributed by atoms with Gasteiger partial charge in [-0.3, -0.25) is 19.0 Å². The molecule has 0 saturated heterocycles. The molecule has 10 heteroatoms. The summed E-state index contributed by atoms with van der Waals surface area (Å²) in [5.74, 6) is -4.68. The first-order chi connectivity index (χ1) is 15.0. The van der Waals surface area contributed by atoms with Crippen molar-refractivity contribution < 1.29 is 29.0 Å². The number of phenolic OH excluding ortho intramolecular Hbond substituents is 1. The van der Waals surface area contributed by atoms with Crippen molar-refractivity contribution in [2.45, 2.75) is 26.2 Å². The molecule has 0 aliphatic carbocycles. The molecule has 1 unspecified atom stereocenters. The number of carboxylic acids is 1. The molecule has 0 bridgehead atoms. The van der Waals surface area contributed by atoms with Crippen LogP contribution in [-0.2, 0) is 9.59 Å². The second-order valence-corrected chi connectivity index (χ2v) is 8.03. The number of carbonyl (C=O) groups is 3. The third kappa shape index (κ3) is 4.28. The van der Waals surface area contributed by atoms with Crippen LogP contribution in [0.5, 0.6) is 5.75 Å². The number of carboxylic acid groups (broad SMARTS) is 1. The molecule has 0 saturated carbocycles. The predicted molar refractivity (Wildman–Crippen MR) is 118 cm³/mol. The Morgan fingerprint density at radius 1 is 1.16 bits per heavy atom. The van der Waals surface area contributed by atoms with Crippen LogP contribution in [0, 0.1) is 12.7 Å². The number of aliphatic carboxylic acids is 1. The Kier molecular flexibility index (Phi) is 6.76. The number of halogens is 3. The lowest BCUT2D eigenvalue weighted by molar-refractivity contribution is -0.136. The molecular weight excluding hydrogens is 462 g/mol. The largest absolute Gasteiger partial charge is 0.505 e.